The minimum atomic E-state index is 0.352. The molecule has 0 amide bonds. The molecule has 0 aliphatic rings. The maximum absolute atomic E-state index is 4.42. The van der Waals surface area contributed by atoms with Gasteiger partial charge in [0.05, 0.1) is 0 Å². The molecule has 1 unspecified atom stereocenters. The van der Waals surface area contributed by atoms with E-state index in [9.17, 15) is 0 Å². The Morgan fingerprint density at radius 2 is 2.06 bits per heavy atom. The molecule has 1 N–H and O–H groups in total. The van der Waals surface area contributed by atoms with Crippen LogP contribution in [0.15, 0.2) is 24.5 Å². The average molecular weight is 233 g/mol. The summed E-state index contributed by atoms with van der Waals surface area (Å²) in [6, 6.07) is 4.43. The molecule has 0 radical (unpaired) electrons. The third kappa shape index (κ3) is 2.28. The fourth-order valence-corrected chi connectivity index (χ4v) is 2.32. The molecule has 0 aliphatic carbocycles. The van der Waals surface area contributed by atoms with Gasteiger partial charge in [-0.1, -0.05) is 0 Å². The molecular formula is C12H15N3S. The maximum Gasteiger partial charge on any atom is 0.125 e. The molecule has 2 rings (SSSR count). The highest BCUT2D eigenvalue weighted by molar-refractivity contribution is 7.15. The Morgan fingerprint density at radius 1 is 1.25 bits per heavy atom. The van der Waals surface area contributed by atoms with Crippen LogP contribution in [0.5, 0.6) is 0 Å². The molecule has 0 aromatic carbocycles. The summed E-state index contributed by atoms with van der Waals surface area (Å²) >= 11 is 1.71. The smallest absolute Gasteiger partial charge is 0.125 e. The van der Waals surface area contributed by atoms with Crippen LogP contribution in [0.1, 0.15) is 23.5 Å². The Labute approximate surface area is 99.6 Å². The summed E-state index contributed by atoms with van der Waals surface area (Å²) in [4.78, 5) is 9.95. The summed E-state index contributed by atoms with van der Waals surface area (Å²) in [5.41, 5.74) is 2.12. The number of aryl methyl sites for hydroxylation is 1. The van der Waals surface area contributed by atoms with Gasteiger partial charge in [0.2, 0.25) is 0 Å². The number of hydrogen-bond acceptors (Lipinski definition) is 4. The second kappa shape index (κ2) is 4.72. The molecule has 4 heteroatoms. The van der Waals surface area contributed by atoms with E-state index in [1.165, 1.54) is 4.88 Å². The molecule has 0 saturated carbocycles. The third-order valence-electron chi connectivity index (χ3n) is 2.54. The van der Waals surface area contributed by atoms with Crippen molar-refractivity contribution in [2.24, 2.45) is 0 Å². The van der Waals surface area contributed by atoms with Crippen molar-refractivity contribution >= 4 is 11.3 Å². The zero-order chi connectivity index (χ0) is 11.5. The molecule has 84 valence electrons. The Kier molecular flexibility index (Phi) is 3.31. The predicted molar refractivity (Wildman–Crippen MR) is 67.6 cm³/mol. The fraction of sp³-hybridized carbons (Fsp3) is 0.333. The van der Waals surface area contributed by atoms with Crippen molar-refractivity contribution in [3.05, 3.63) is 35.1 Å². The van der Waals surface area contributed by atoms with Crippen molar-refractivity contribution in [2.75, 3.05) is 7.05 Å². The number of pyridine rings is 1. The zero-order valence-electron chi connectivity index (χ0n) is 9.69. The van der Waals surface area contributed by atoms with Gasteiger partial charge in [0, 0.05) is 34.6 Å². The maximum atomic E-state index is 4.42. The van der Waals surface area contributed by atoms with Gasteiger partial charge >= 0.3 is 0 Å². The molecule has 0 aliphatic heterocycles. The van der Waals surface area contributed by atoms with Gasteiger partial charge in [0.15, 0.2) is 0 Å². The van der Waals surface area contributed by atoms with Crippen LogP contribution < -0.4 is 5.32 Å². The highest BCUT2D eigenvalue weighted by atomic mass is 32.1. The normalized spacial score (nSPS) is 12.7. The summed E-state index contributed by atoms with van der Waals surface area (Å²) in [6.45, 7) is 4.12. The molecule has 0 fully saturated rings. The van der Waals surface area contributed by atoms with Gasteiger partial charge in [0.1, 0.15) is 5.01 Å². The summed E-state index contributed by atoms with van der Waals surface area (Å²) in [5.74, 6) is 0. The van der Waals surface area contributed by atoms with Gasteiger partial charge in [0.25, 0.3) is 0 Å². The lowest BCUT2D eigenvalue weighted by Crippen LogP contribution is -2.10. The van der Waals surface area contributed by atoms with Crippen molar-refractivity contribution in [2.45, 2.75) is 19.9 Å². The Bertz CT molecular complexity index is 461. The second-order valence-electron chi connectivity index (χ2n) is 3.77. The number of thiazole rings is 1. The first kappa shape index (κ1) is 11.2. The lowest BCUT2D eigenvalue weighted by molar-refractivity contribution is 0.662. The SMILES string of the molecule is CNC(C)c1cnc(-c2ccc(C)nc2)s1. The van der Waals surface area contributed by atoms with Crippen molar-refractivity contribution < 1.29 is 0 Å². The quantitative estimate of drug-likeness (QED) is 0.885. The molecule has 1 atom stereocenters. The first-order valence-corrected chi connectivity index (χ1v) is 6.08. The number of nitrogens with one attached hydrogen (secondary N) is 1. The van der Waals surface area contributed by atoms with E-state index in [1.807, 2.05) is 32.4 Å². The van der Waals surface area contributed by atoms with E-state index >= 15 is 0 Å². The van der Waals surface area contributed by atoms with E-state index in [2.05, 4.69) is 28.3 Å². The van der Waals surface area contributed by atoms with Crippen LogP contribution in [0.25, 0.3) is 10.6 Å². The monoisotopic (exact) mass is 233 g/mol. The van der Waals surface area contributed by atoms with Crippen molar-refractivity contribution in [1.82, 2.24) is 15.3 Å². The van der Waals surface area contributed by atoms with Crippen LogP contribution >= 0.6 is 11.3 Å². The molecular weight excluding hydrogens is 218 g/mol. The highest BCUT2D eigenvalue weighted by Crippen LogP contribution is 2.27. The number of rotatable bonds is 3. The van der Waals surface area contributed by atoms with Crippen LogP contribution in [0.4, 0.5) is 0 Å². The molecule has 0 bridgehead atoms. The summed E-state index contributed by atoms with van der Waals surface area (Å²) in [6.07, 6.45) is 3.81. The summed E-state index contributed by atoms with van der Waals surface area (Å²) in [5, 5.41) is 4.24. The van der Waals surface area contributed by atoms with Crippen LogP contribution in [0.3, 0.4) is 0 Å². The number of aromatic nitrogens is 2. The van der Waals surface area contributed by atoms with Crippen LogP contribution in [0, 0.1) is 6.92 Å². The highest BCUT2D eigenvalue weighted by Gasteiger charge is 2.09. The number of hydrogen-bond donors (Lipinski definition) is 1. The van der Waals surface area contributed by atoms with Crippen molar-refractivity contribution in [3.8, 4) is 10.6 Å². The van der Waals surface area contributed by atoms with E-state index in [0.717, 1.165) is 16.3 Å². The van der Waals surface area contributed by atoms with Gasteiger partial charge in [-0.05, 0) is 33.0 Å². The van der Waals surface area contributed by atoms with Gasteiger partial charge in [-0.3, -0.25) is 4.98 Å². The second-order valence-corrected chi connectivity index (χ2v) is 4.83. The molecule has 2 heterocycles. The van der Waals surface area contributed by atoms with E-state index in [-0.39, 0.29) is 0 Å². The molecule has 0 spiro atoms. The lowest BCUT2D eigenvalue weighted by atomic mass is 10.3. The van der Waals surface area contributed by atoms with Gasteiger partial charge in [-0.2, -0.15) is 0 Å². The molecule has 16 heavy (non-hydrogen) atoms. The molecule has 0 saturated heterocycles. The Balaban J connectivity index is 2.28. The predicted octanol–water partition coefficient (Wildman–Crippen LogP) is 2.79. The molecule has 2 aromatic heterocycles. The summed E-state index contributed by atoms with van der Waals surface area (Å²) in [7, 11) is 1.96. The van der Waals surface area contributed by atoms with Crippen LogP contribution in [0.2, 0.25) is 0 Å². The number of nitrogens with zero attached hydrogens (tertiary/aromatic N) is 2. The van der Waals surface area contributed by atoms with Crippen molar-refractivity contribution in [1.29, 1.82) is 0 Å². The van der Waals surface area contributed by atoms with E-state index < -0.39 is 0 Å². The van der Waals surface area contributed by atoms with Gasteiger partial charge in [-0.15, -0.1) is 11.3 Å². The molecule has 2 aromatic rings. The van der Waals surface area contributed by atoms with Crippen LogP contribution in [-0.2, 0) is 0 Å². The topological polar surface area (TPSA) is 37.8 Å². The third-order valence-corrected chi connectivity index (χ3v) is 3.77. The fourth-order valence-electron chi connectivity index (χ4n) is 1.36. The van der Waals surface area contributed by atoms with E-state index in [1.54, 1.807) is 11.3 Å². The van der Waals surface area contributed by atoms with Crippen molar-refractivity contribution in [3.63, 3.8) is 0 Å². The Hall–Kier alpha value is -1.26. The minimum absolute atomic E-state index is 0.352. The Morgan fingerprint density at radius 3 is 2.69 bits per heavy atom. The average Bonchev–Trinajstić information content (AvgIpc) is 2.78. The molecule has 3 nitrogen and oxygen atoms in total. The first-order chi connectivity index (χ1) is 7.70. The van der Waals surface area contributed by atoms with Gasteiger partial charge < -0.3 is 5.32 Å². The first-order valence-electron chi connectivity index (χ1n) is 5.26. The minimum Gasteiger partial charge on any atom is -0.312 e. The largest absolute Gasteiger partial charge is 0.312 e. The van der Waals surface area contributed by atoms with E-state index in [4.69, 9.17) is 0 Å². The van der Waals surface area contributed by atoms with Gasteiger partial charge in [-0.25, -0.2) is 4.98 Å². The zero-order valence-corrected chi connectivity index (χ0v) is 10.5. The van der Waals surface area contributed by atoms with Crippen LogP contribution in [-0.4, -0.2) is 17.0 Å². The van der Waals surface area contributed by atoms with E-state index in [0.29, 0.717) is 6.04 Å². The summed E-state index contributed by atoms with van der Waals surface area (Å²) < 4.78 is 0. The standard InChI is InChI=1S/C12H15N3S/c1-8-4-5-10(6-14-8)12-15-7-11(16-12)9(2)13-3/h4-7,9,13H,1-3H3. The lowest BCUT2D eigenvalue weighted by Gasteiger charge is -2.04.